The van der Waals surface area contributed by atoms with Crippen molar-refractivity contribution in [3.63, 3.8) is 0 Å². The molecular formula is C15H21ClN2OS. The largest absolute Gasteiger partial charge is 0.336 e. The average molecular weight is 313 g/mol. The van der Waals surface area contributed by atoms with Crippen LogP contribution in [0.1, 0.15) is 36.5 Å². The molecule has 20 heavy (non-hydrogen) atoms. The number of hydrogen-bond acceptors (Lipinski definition) is 3. The number of piperidine rings is 1. The molecule has 1 aliphatic heterocycles. The van der Waals surface area contributed by atoms with E-state index in [2.05, 4.69) is 24.9 Å². The van der Waals surface area contributed by atoms with Crippen LogP contribution in [0.2, 0.25) is 5.02 Å². The summed E-state index contributed by atoms with van der Waals surface area (Å²) in [6.07, 6.45) is 2.96. The van der Waals surface area contributed by atoms with Crippen LogP contribution in [0.25, 0.3) is 0 Å². The van der Waals surface area contributed by atoms with Crippen LogP contribution in [0, 0.1) is 0 Å². The molecule has 1 amide bonds. The SMILES string of the molecule is CCCN(C(=O)c1cc(S)ccc1Cl)C1CCNCC1. The summed E-state index contributed by atoms with van der Waals surface area (Å²) < 4.78 is 0. The van der Waals surface area contributed by atoms with Crippen LogP contribution >= 0.6 is 24.2 Å². The maximum atomic E-state index is 12.8. The number of hydrogen-bond donors (Lipinski definition) is 2. The summed E-state index contributed by atoms with van der Waals surface area (Å²) >= 11 is 10.5. The van der Waals surface area contributed by atoms with E-state index in [1.165, 1.54) is 0 Å². The zero-order valence-electron chi connectivity index (χ0n) is 11.7. The Kier molecular flexibility index (Phi) is 5.75. The van der Waals surface area contributed by atoms with Crippen molar-refractivity contribution in [1.82, 2.24) is 10.2 Å². The standard InChI is InChI=1S/C15H21ClN2OS/c1-2-9-18(11-5-7-17-8-6-11)15(19)13-10-12(20)3-4-14(13)16/h3-4,10-11,17,20H,2,5-9H2,1H3. The summed E-state index contributed by atoms with van der Waals surface area (Å²) in [5.74, 6) is 0.0275. The summed E-state index contributed by atoms with van der Waals surface area (Å²) in [6, 6.07) is 5.61. The topological polar surface area (TPSA) is 32.3 Å². The lowest BCUT2D eigenvalue weighted by atomic mass is 10.0. The van der Waals surface area contributed by atoms with Crippen molar-refractivity contribution in [1.29, 1.82) is 0 Å². The predicted octanol–water partition coefficient (Wildman–Crippen LogP) is 3.23. The number of halogens is 1. The maximum Gasteiger partial charge on any atom is 0.255 e. The van der Waals surface area contributed by atoms with Gasteiger partial charge in [0.05, 0.1) is 10.6 Å². The molecule has 0 saturated carbocycles. The van der Waals surface area contributed by atoms with Gasteiger partial charge in [-0.3, -0.25) is 4.79 Å². The summed E-state index contributed by atoms with van der Waals surface area (Å²) in [5.41, 5.74) is 0.561. The number of amides is 1. The molecule has 0 bridgehead atoms. The van der Waals surface area contributed by atoms with Gasteiger partial charge in [-0.15, -0.1) is 12.6 Å². The molecule has 1 aliphatic rings. The van der Waals surface area contributed by atoms with Crippen molar-refractivity contribution in [2.75, 3.05) is 19.6 Å². The molecule has 0 radical (unpaired) electrons. The monoisotopic (exact) mass is 312 g/mol. The minimum Gasteiger partial charge on any atom is -0.336 e. The van der Waals surface area contributed by atoms with Gasteiger partial charge in [0.2, 0.25) is 0 Å². The van der Waals surface area contributed by atoms with Crippen molar-refractivity contribution >= 4 is 30.1 Å². The molecule has 0 aromatic heterocycles. The summed E-state index contributed by atoms with van der Waals surface area (Å²) in [4.78, 5) is 15.5. The second-order valence-electron chi connectivity index (χ2n) is 5.14. The van der Waals surface area contributed by atoms with Crippen LogP contribution in [0.3, 0.4) is 0 Å². The highest BCUT2D eigenvalue weighted by molar-refractivity contribution is 7.80. The van der Waals surface area contributed by atoms with Gasteiger partial charge < -0.3 is 10.2 Å². The quantitative estimate of drug-likeness (QED) is 0.837. The highest BCUT2D eigenvalue weighted by Gasteiger charge is 2.26. The van der Waals surface area contributed by atoms with Crippen LogP contribution in [0.15, 0.2) is 23.1 Å². The minimum atomic E-state index is 0.0275. The molecule has 1 aromatic rings. The van der Waals surface area contributed by atoms with E-state index in [-0.39, 0.29) is 5.91 Å². The lowest BCUT2D eigenvalue weighted by molar-refractivity contribution is 0.0642. The van der Waals surface area contributed by atoms with Gasteiger partial charge in [0.1, 0.15) is 0 Å². The average Bonchev–Trinajstić information content (AvgIpc) is 2.47. The van der Waals surface area contributed by atoms with Crippen molar-refractivity contribution in [3.8, 4) is 0 Å². The molecule has 1 aromatic carbocycles. The predicted molar refractivity (Wildman–Crippen MR) is 85.9 cm³/mol. The molecule has 1 heterocycles. The Labute approximate surface area is 131 Å². The van der Waals surface area contributed by atoms with Crippen molar-refractivity contribution in [3.05, 3.63) is 28.8 Å². The van der Waals surface area contributed by atoms with Crippen LogP contribution in [0.4, 0.5) is 0 Å². The first-order valence-corrected chi connectivity index (χ1v) is 7.96. The van der Waals surface area contributed by atoms with Gasteiger partial charge in [0.25, 0.3) is 5.91 Å². The smallest absolute Gasteiger partial charge is 0.255 e. The van der Waals surface area contributed by atoms with E-state index in [0.717, 1.165) is 43.8 Å². The van der Waals surface area contributed by atoms with Crippen LogP contribution in [-0.2, 0) is 0 Å². The Morgan fingerprint density at radius 3 is 2.80 bits per heavy atom. The van der Waals surface area contributed by atoms with Gasteiger partial charge in [-0.05, 0) is 50.6 Å². The number of nitrogens with one attached hydrogen (secondary N) is 1. The molecule has 110 valence electrons. The molecule has 1 fully saturated rings. The normalized spacial score (nSPS) is 16.1. The molecule has 1 N–H and O–H groups in total. The second-order valence-corrected chi connectivity index (χ2v) is 6.07. The Bertz CT molecular complexity index is 475. The van der Waals surface area contributed by atoms with E-state index in [1.807, 2.05) is 4.90 Å². The first kappa shape index (κ1) is 15.7. The third-order valence-electron chi connectivity index (χ3n) is 3.66. The molecular weight excluding hydrogens is 292 g/mol. The van der Waals surface area contributed by atoms with E-state index >= 15 is 0 Å². The maximum absolute atomic E-state index is 12.8. The minimum absolute atomic E-state index is 0.0275. The van der Waals surface area contributed by atoms with Crippen LogP contribution in [0.5, 0.6) is 0 Å². The summed E-state index contributed by atoms with van der Waals surface area (Å²) in [7, 11) is 0. The second kappa shape index (κ2) is 7.34. The fraction of sp³-hybridized carbons (Fsp3) is 0.533. The number of benzene rings is 1. The zero-order valence-corrected chi connectivity index (χ0v) is 13.4. The number of nitrogens with zero attached hydrogens (tertiary/aromatic N) is 1. The van der Waals surface area contributed by atoms with Gasteiger partial charge in [-0.1, -0.05) is 18.5 Å². The highest BCUT2D eigenvalue weighted by Crippen LogP contribution is 2.24. The Balaban J connectivity index is 2.23. The summed E-state index contributed by atoms with van der Waals surface area (Å²) in [5, 5.41) is 3.84. The molecule has 0 aliphatic carbocycles. The van der Waals surface area contributed by atoms with E-state index in [0.29, 0.717) is 16.6 Å². The zero-order chi connectivity index (χ0) is 14.5. The molecule has 2 rings (SSSR count). The molecule has 0 atom stereocenters. The first-order chi connectivity index (χ1) is 9.63. The Hall–Kier alpha value is -0.710. The van der Waals surface area contributed by atoms with Gasteiger partial charge in [-0.25, -0.2) is 0 Å². The van der Waals surface area contributed by atoms with E-state index in [4.69, 9.17) is 11.6 Å². The summed E-state index contributed by atoms with van der Waals surface area (Å²) in [6.45, 7) is 4.81. The highest BCUT2D eigenvalue weighted by atomic mass is 35.5. The molecule has 0 spiro atoms. The van der Waals surface area contributed by atoms with Crippen LogP contribution < -0.4 is 5.32 Å². The van der Waals surface area contributed by atoms with Crippen molar-refractivity contribution < 1.29 is 4.79 Å². The first-order valence-electron chi connectivity index (χ1n) is 7.13. The number of carbonyl (C=O) groups is 1. The third kappa shape index (κ3) is 3.68. The van der Waals surface area contributed by atoms with E-state index in [1.54, 1.807) is 18.2 Å². The van der Waals surface area contributed by atoms with Gasteiger partial charge in [0.15, 0.2) is 0 Å². The molecule has 0 unspecified atom stereocenters. The Morgan fingerprint density at radius 1 is 1.45 bits per heavy atom. The Morgan fingerprint density at radius 2 is 2.15 bits per heavy atom. The molecule has 3 nitrogen and oxygen atoms in total. The van der Waals surface area contributed by atoms with Gasteiger partial charge in [0, 0.05) is 17.5 Å². The third-order valence-corrected chi connectivity index (χ3v) is 4.26. The fourth-order valence-electron chi connectivity index (χ4n) is 2.64. The van der Waals surface area contributed by atoms with Crippen LogP contribution in [-0.4, -0.2) is 36.5 Å². The van der Waals surface area contributed by atoms with Crippen molar-refractivity contribution in [2.45, 2.75) is 37.1 Å². The van der Waals surface area contributed by atoms with Gasteiger partial charge >= 0.3 is 0 Å². The molecule has 5 heteroatoms. The van der Waals surface area contributed by atoms with E-state index in [9.17, 15) is 4.79 Å². The number of carbonyl (C=O) groups excluding carboxylic acids is 1. The number of thiol groups is 1. The molecule has 1 saturated heterocycles. The lowest BCUT2D eigenvalue weighted by Crippen LogP contribution is -2.46. The lowest BCUT2D eigenvalue weighted by Gasteiger charge is -2.35. The fourth-order valence-corrected chi connectivity index (χ4v) is 3.04. The van der Waals surface area contributed by atoms with E-state index < -0.39 is 0 Å². The van der Waals surface area contributed by atoms with Crippen molar-refractivity contribution in [2.24, 2.45) is 0 Å². The van der Waals surface area contributed by atoms with Gasteiger partial charge in [-0.2, -0.15) is 0 Å². The number of rotatable bonds is 4.